The van der Waals surface area contributed by atoms with E-state index in [-0.39, 0.29) is 16.3 Å². The lowest BCUT2D eigenvalue weighted by molar-refractivity contribution is -0.137. The van der Waals surface area contributed by atoms with Gasteiger partial charge in [-0.05, 0) is 43.0 Å². The highest BCUT2D eigenvalue weighted by Crippen LogP contribution is 2.34. The molecular weight excluding hydrogens is 643 g/mol. The van der Waals surface area contributed by atoms with Crippen molar-refractivity contribution in [3.8, 4) is 5.75 Å². The molecule has 0 aliphatic carbocycles. The predicted octanol–water partition coefficient (Wildman–Crippen LogP) is 4.14. The molecule has 0 bridgehead atoms. The number of likely N-dealkylation sites (tertiary alicyclic amines) is 1. The molecule has 10 nitrogen and oxygen atoms in total. The molecule has 0 unspecified atom stereocenters. The molecule has 2 aliphatic rings. The number of rotatable bonds is 9. The van der Waals surface area contributed by atoms with Crippen LogP contribution in [0.25, 0.3) is 10.2 Å². The molecule has 1 spiro atoms. The molecule has 6 rings (SSSR count). The molecule has 1 atom stereocenters. The van der Waals surface area contributed by atoms with Crippen molar-refractivity contribution in [3.63, 3.8) is 0 Å². The summed E-state index contributed by atoms with van der Waals surface area (Å²) in [6, 6.07) is 11.5. The van der Waals surface area contributed by atoms with Crippen LogP contribution in [0, 0.1) is 0 Å². The maximum atomic E-state index is 13.0. The van der Waals surface area contributed by atoms with Gasteiger partial charge in [0.05, 0.1) is 29.6 Å². The third-order valence-corrected chi connectivity index (χ3v) is 10.4. The molecule has 4 heterocycles. The fourth-order valence-corrected chi connectivity index (χ4v) is 7.71. The van der Waals surface area contributed by atoms with E-state index < -0.39 is 28.8 Å². The largest absolute Gasteiger partial charge is 0.506 e. The number of benzene rings is 2. The first kappa shape index (κ1) is 32.6. The number of thiazole rings is 2. The highest BCUT2D eigenvalue weighted by atomic mass is 32.1. The Labute approximate surface area is 270 Å². The molecule has 4 N–H and O–H groups in total. The van der Waals surface area contributed by atoms with E-state index in [2.05, 4.69) is 38.4 Å². The molecule has 15 heteroatoms. The van der Waals surface area contributed by atoms with Gasteiger partial charge >= 0.3 is 11.0 Å². The number of carbonyl (C=O) groups is 1. The van der Waals surface area contributed by atoms with Gasteiger partial charge in [-0.1, -0.05) is 41.7 Å². The van der Waals surface area contributed by atoms with Gasteiger partial charge in [0.2, 0.25) is 0 Å². The topological polar surface area (TPSA) is 131 Å². The number of H-pyrrole nitrogens is 1. The van der Waals surface area contributed by atoms with Gasteiger partial charge in [0.25, 0.3) is 5.91 Å². The Kier molecular flexibility index (Phi) is 9.50. The highest BCUT2D eigenvalue weighted by molar-refractivity contribution is 7.16. The number of phenolic OH excluding ortho intramolecular Hbond substituents is 1. The lowest BCUT2D eigenvalue weighted by Gasteiger charge is -2.47. The number of aliphatic hydroxyl groups excluding tert-OH is 1. The summed E-state index contributed by atoms with van der Waals surface area (Å²) in [5, 5.41) is 24.2. The number of carbonyl (C=O) groups excluding carboxylic acids is 1. The third-order valence-electron chi connectivity index (χ3n) is 8.54. The zero-order chi connectivity index (χ0) is 32.5. The maximum Gasteiger partial charge on any atom is 0.443 e. The van der Waals surface area contributed by atoms with Crippen molar-refractivity contribution >= 4 is 38.8 Å². The minimum absolute atomic E-state index is 0.0251. The average molecular weight is 678 g/mol. The SMILES string of the molecule is O=C(c1csc(C(F)(F)F)n1)N1CCOC2(CCN(Cc3cccc(CCNC[C@H](O)c4ccc(O)c5[nH]c(=O)sc45)c3)CC2)C1. The van der Waals surface area contributed by atoms with E-state index in [1.165, 1.54) is 17.0 Å². The number of aromatic nitrogens is 2. The van der Waals surface area contributed by atoms with Crippen LogP contribution in [0.4, 0.5) is 13.2 Å². The molecule has 2 fully saturated rings. The molecule has 0 radical (unpaired) electrons. The summed E-state index contributed by atoms with van der Waals surface area (Å²) in [6.07, 6.45) is -3.23. The van der Waals surface area contributed by atoms with Gasteiger partial charge in [0.1, 0.15) is 17.0 Å². The number of alkyl halides is 3. The number of aromatic amines is 1. The van der Waals surface area contributed by atoms with Crippen molar-refractivity contribution in [2.75, 3.05) is 45.9 Å². The van der Waals surface area contributed by atoms with Crippen LogP contribution >= 0.6 is 22.7 Å². The molecule has 0 saturated carbocycles. The zero-order valence-electron chi connectivity index (χ0n) is 24.8. The summed E-state index contributed by atoms with van der Waals surface area (Å²) in [4.78, 5) is 34.5. The van der Waals surface area contributed by atoms with Crippen LogP contribution < -0.4 is 10.2 Å². The first-order valence-corrected chi connectivity index (χ1v) is 16.7. The lowest BCUT2D eigenvalue weighted by Crippen LogP contribution is -2.58. The van der Waals surface area contributed by atoms with Crippen LogP contribution in [0.5, 0.6) is 5.75 Å². The Morgan fingerprint density at radius 3 is 2.72 bits per heavy atom. The highest BCUT2D eigenvalue weighted by Gasteiger charge is 2.42. The van der Waals surface area contributed by atoms with E-state index in [0.29, 0.717) is 72.7 Å². The monoisotopic (exact) mass is 677 g/mol. The smallest absolute Gasteiger partial charge is 0.443 e. The standard InChI is InChI=1S/C31H34F3N5O5S2/c32-31(33,34)28-36-22(17-45-28)27(42)39-12-13-44-30(18-39)7-10-38(11-8-30)16-20-3-1-2-19(14-20)6-9-35-15-24(41)21-4-5-23(40)25-26(21)46-29(43)37-25/h1-5,14,17,24,35,40-41H,6-13,15-16,18H2,(H,37,43)/t24-/m0/s1. The Bertz CT molecular complexity index is 1750. The zero-order valence-corrected chi connectivity index (χ0v) is 26.4. The lowest BCUT2D eigenvalue weighted by atomic mass is 9.89. The first-order chi connectivity index (χ1) is 22.0. The maximum absolute atomic E-state index is 13.0. The molecule has 2 aromatic heterocycles. The van der Waals surface area contributed by atoms with E-state index in [1.54, 1.807) is 11.0 Å². The number of aromatic hydroxyl groups is 1. The molecule has 2 saturated heterocycles. The Hall–Kier alpha value is -3.34. The number of halogens is 3. The number of nitrogens with one attached hydrogen (secondary N) is 2. The van der Waals surface area contributed by atoms with Crippen LogP contribution in [-0.2, 0) is 23.9 Å². The molecule has 1 amide bonds. The summed E-state index contributed by atoms with van der Waals surface area (Å²) >= 11 is 1.40. The molecular formula is C31H34F3N5O5S2. The molecule has 2 aliphatic heterocycles. The van der Waals surface area contributed by atoms with Crippen LogP contribution in [0.3, 0.4) is 0 Å². The number of hydrogen-bond acceptors (Lipinski definition) is 10. The fraction of sp³-hybridized carbons (Fsp3) is 0.452. The number of nitrogens with zero attached hydrogens (tertiary/aromatic N) is 3. The number of piperidine rings is 1. The number of morpholine rings is 1. The van der Waals surface area contributed by atoms with Crippen molar-refractivity contribution in [1.29, 1.82) is 0 Å². The molecule has 246 valence electrons. The van der Waals surface area contributed by atoms with E-state index in [9.17, 15) is 33.0 Å². The summed E-state index contributed by atoms with van der Waals surface area (Å²) < 4.78 is 45.7. The van der Waals surface area contributed by atoms with Crippen LogP contribution in [0.15, 0.2) is 46.6 Å². The van der Waals surface area contributed by atoms with Crippen molar-refractivity contribution in [2.24, 2.45) is 0 Å². The molecule has 46 heavy (non-hydrogen) atoms. The third kappa shape index (κ3) is 7.29. The Morgan fingerprint density at radius 2 is 1.96 bits per heavy atom. The van der Waals surface area contributed by atoms with Crippen LogP contribution in [0.1, 0.15) is 51.1 Å². The summed E-state index contributed by atoms with van der Waals surface area (Å²) in [7, 11) is 0. The summed E-state index contributed by atoms with van der Waals surface area (Å²) in [5.74, 6) is -0.517. The first-order valence-electron chi connectivity index (χ1n) is 15.0. The number of aliphatic hydroxyl groups is 1. The average Bonchev–Trinajstić information content (AvgIpc) is 3.69. The van der Waals surface area contributed by atoms with Crippen molar-refractivity contribution in [1.82, 2.24) is 25.1 Å². The minimum atomic E-state index is -4.57. The van der Waals surface area contributed by atoms with Crippen molar-refractivity contribution in [2.45, 2.75) is 43.7 Å². The van der Waals surface area contributed by atoms with Gasteiger partial charge in [-0.2, -0.15) is 13.2 Å². The van der Waals surface area contributed by atoms with Crippen LogP contribution in [0.2, 0.25) is 0 Å². The van der Waals surface area contributed by atoms with Crippen LogP contribution in [-0.4, -0.2) is 87.4 Å². The molecule has 2 aromatic carbocycles. The fourth-order valence-electron chi connectivity index (χ4n) is 6.13. The quantitative estimate of drug-likeness (QED) is 0.195. The number of ether oxygens (including phenoxy) is 1. The number of fused-ring (bicyclic) bond motifs is 1. The second-order valence-electron chi connectivity index (χ2n) is 11.8. The minimum Gasteiger partial charge on any atom is -0.506 e. The predicted molar refractivity (Wildman–Crippen MR) is 168 cm³/mol. The number of hydrogen-bond donors (Lipinski definition) is 4. The second kappa shape index (κ2) is 13.4. The van der Waals surface area contributed by atoms with E-state index >= 15 is 0 Å². The number of phenols is 1. The van der Waals surface area contributed by atoms with Gasteiger partial charge in [-0.15, -0.1) is 11.3 Å². The second-order valence-corrected chi connectivity index (χ2v) is 13.6. The van der Waals surface area contributed by atoms with Gasteiger partial charge in [-0.3, -0.25) is 14.5 Å². The summed E-state index contributed by atoms with van der Waals surface area (Å²) in [5.41, 5.74) is 2.57. The Balaban J connectivity index is 0.969. The van der Waals surface area contributed by atoms with E-state index in [0.717, 1.165) is 43.0 Å². The van der Waals surface area contributed by atoms with Gasteiger partial charge in [0, 0.05) is 43.7 Å². The van der Waals surface area contributed by atoms with Gasteiger partial charge in [0.15, 0.2) is 5.01 Å². The van der Waals surface area contributed by atoms with Gasteiger partial charge in [-0.25, -0.2) is 4.98 Å². The van der Waals surface area contributed by atoms with Crippen molar-refractivity contribution < 1.29 is 32.9 Å². The van der Waals surface area contributed by atoms with E-state index in [4.69, 9.17) is 4.74 Å². The number of amides is 1. The summed E-state index contributed by atoms with van der Waals surface area (Å²) in [6.45, 7) is 4.21. The normalized spacial score (nSPS) is 18.0. The Morgan fingerprint density at radius 1 is 1.17 bits per heavy atom. The van der Waals surface area contributed by atoms with Crippen molar-refractivity contribution in [3.05, 3.63) is 78.8 Å². The van der Waals surface area contributed by atoms with E-state index in [1.807, 2.05) is 6.07 Å². The van der Waals surface area contributed by atoms with Gasteiger partial charge < -0.3 is 30.2 Å². The molecule has 4 aromatic rings.